The van der Waals surface area contributed by atoms with Gasteiger partial charge in [0.25, 0.3) is 0 Å². The van der Waals surface area contributed by atoms with Crippen molar-refractivity contribution in [1.82, 2.24) is 5.32 Å². The molecule has 0 spiro atoms. The minimum Gasteiger partial charge on any atom is -0.762 e. The van der Waals surface area contributed by atoms with Gasteiger partial charge in [-0.3, -0.25) is 0 Å². The minimum absolute atomic E-state index is 0.277. The summed E-state index contributed by atoms with van der Waals surface area (Å²) in [6.07, 6.45) is 3.79. The third-order valence-electron chi connectivity index (χ3n) is 3.84. The highest BCUT2D eigenvalue weighted by Gasteiger charge is 2.50. The Morgan fingerprint density at radius 3 is 2.68 bits per heavy atom. The number of aliphatic hydroxyl groups is 1. The van der Waals surface area contributed by atoms with Crippen molar-refractivity contribution >= 4 is 24.0 Å². The highest BCUT2D eigenvalue weighted by Crippen LogP contribution is 2.43. The molecule has 0 saturated carbocycles. The molecule has 112 valence electrons. The molecule has 6 heteroatoms. The van der Waals surface area contributed by atoms with Gasteiger partial charge < -0.3 is 23.1 Å². The van der Waals surface area contributed by atoms with E-state index < -0.39 is 5.72 Å². The summed E-state index contributed by atoms with van der Waals surface area (Å²) in [6.45, 7) is 1.69. The van der Waals surface area contributed by atoms with E-state index in [0.29, 0.717) is 10.6 Å². The number of nitrogens with zero attached hydrogens (tertiary/aromatic N) is 2. The Morgan fingerprint density at radius 1 is 1.36 bits per heavy atom. The molecule has 0 saturated heterocycles. The quantitative estimate of drug-likeness (QED) is 0.653. The predicted molar refractivity (Wildman–Crippen MR) is 86.5 cm³/mol. The molecule has 0 aliphatic carbocycles. The molecule has 3 heterocycles. The number of allylic oxidation sites excluding steroid dienone is 1. The SMILES string of the molecule is C[C@]1(O)NC([S-])=C(C#N)[C@H](c2cccs2)[C@H]1[n+]1ccccc1. The van der Waals surface area contributed by atoms with Crippen LogP contribution in [0.3, 0.4) is 0 Å². The van der Waals surface area contributed by atoms with Crippen LogP contribution in [0.5, 0.6) is 0 Å². The molecule has 0 unspecified atom stereocenters. The second-order valence-electron chi connectivity index (χ2n) is 5.39. The lowest BCUT2D eigenvalue weighted by atomic mass is 9.82. The number of hydrogen-bond acceptors (Lipinski definition) is 5. The van der Waals surface area contributed by atoms with Crippen LogP contribution in [-0.4, -0.2) is 10.8 Å². The second-order valence-corrected chi connectivity index (χ2v) is 6.78. The summed E-state index contributed by atoms with van der Waals surface area (Å²) < 4.78 is 1.93. The van der Waals surface area contributed by atoms with Gasteiger partial charge in [-0.25, -0.2) is 0 Å². The lowest BCUT2D eigenvalue weighted by Gasteiger charge is -2.42. The van der Waals surface area contributed by atoms with Crippen LogP contribution < -0.4 is 9.88 Å². The highest BCUT2D eigenvalue weighted by atomic mass is 32.1. The molecule has 1 aliphatic heterocycles. The summed E-state index contributed by atoms with van der Waals surface area (Å²) in [5, 5.41) is 25.7. The summed E-state index contributed by atoms with van der Waals surface area (Å²) in [7, 11) is 0. The van der Waals surface area contributed by atoms with Crippen LogP contribution in [0, 0.1) is 11.3 Å². The molecule has 0 radical (unpaired) electrons. The van der Waals surface area contributed by atoms with Gasteiger partial charge in [-0.15, -0.1) is 11.3 Å². The number of nitriles is 1. The molecule has 0 bridgehead atoms. The number of hydrogen-bond donors (Lipinski definition) is 2. The van der Waals surface area contributed by atoms with E-state index in [0.717, 1.165) is 4.88 Å². The summed E-state index contributed by atoms with van der Waals surface area (Å²) in [5.41, 5.74) is -0.761. The monoisotopic (exact) mass is 329 g/mol. The molecule has 3 atom stereocenters. The summed E-state index contributed by atoms with van der Waals surface area (Å²) in [4.78, 5) is 1.02. The average molecular weight is 329 g/mol. The number of thiophene rings is 1. The largest absolute Gasteiger partial charge is 0.762 e. The highest BCUT2D eigenvalue weighted by molar-refractivity contribution is 7.63. The maximum Gasteiger partial charge on any atom is 0.217 e. The van der Waals surface area contributed by atoms with Gasteiger partial charge in [0.1, 0.15) is 0 Å². The van der Waals surface area contributed by atoms with Gasteiger partial charge in [0.2, 0.25) is 6.04 Å². The molecule has 1 aliphatic rings. The van der Waals surface area contributed by atoms with E-state index in [4.69, 9.17) is 12.6 Å². The van der Waals surface area contributed by atoms with E-state index in [-0.39, 0.29) is 12.0 Å². The fourth-order valence-electron chi connectivity index (χ4n) is 2.94. The van der Waals surface area contributed by atoms with Crippen LogP contribution in [-0.2, 0) is 12.6 Å². The van der Waals surface area contributed by atoms with E-state index in [1.807, 2.05) is 52.7 Å². The number of rotatable bonds is 2. The fourth-order valence-corrected chi connectivity index (χ4v) is 4.19. The van der Waals surface area contributed by atoms with E-state index in [2.05, 4.69) is 11.4 Å². The van der Waals surface area contributed by atoms with Crippen LogP contribution >= 0.6 is 11.3 Å². The molecule has 4 nitrogen and oxygen atoms in total. The molecule has 2 N–H and O–H groups in total. The first-order valence-electron chi connectivity index (χ1n) is 6.85. The van der Waals surface area contributed by atoms with Gasteiger partial charge >= 0.3 is 0 Å². The lowest BCUT2D eigenvalue weighted by Crippen LogP contribution is -2.62. The average Bonchev–Trinajstić information content (AvgIpc) is 3.00. The van der Waals surface area contributed by atoms with Gasteiger partial charge in [0, 0.05) is 22.6 Å². The van der Waals surface area contributed by atoms with Crippen LogP contribution in [0.15, 0.2) is 58.7 Å². The second kappa shape index (κ2) is 5.69. The van der Waals surface area contributed by atoms with Crippen LogP contribution in [0.4, 0.5) is 0 Å². The third-order valence-corrected chi connectivity index (χ3v) is 5.12. The summed E-state index contributed by atoms with van der Waals surface area (Å²) >= 11 is 6.86. The van der Waals surface area contributed by atoms with Gasteiger partial charge in [-0.2, -0.15) is 9.83 Å². The predicted octanol–water partition coefficient (Wildman–Crippen LogP) is 1.95. The smallest absolute Gasteiger partial charge is 0.217 e. The van der Waals surface area contributed by atoms with Gasteiger partial charge in [-0.05, 0) is 18.4 Å². The first kappa shape index (κ1) is 15.0. The van der Waals surface area contributed by atoms with E-state index in [1.165, 1.54) is 0 Å². The van der Waals surface area contributed by atoms with Crippen LogP contribution in [0.25, 0.3) is 0 Å². The zero-order valence-corrected chi connectivity index (χ0v) is 13.6. The first-order valence-corrected chi connectivity index (χ1v) is 8.14. The maximum absolute atomic E-state index is 10.9. The molecular formula is C16H15N3OS2. The molecule has 2 aromatic heterocycles. The van der Waals surface area contributed by atoms with Crippen LogP contribution in [0.2, 0.25) is 0 Å². The molecule has 22 heavy (non-hydrogen) atoms. The van der Waals surface area contributed by atoms with Crippen LogP contribution in [0.1, 0.15) is 23.8 Å². The van der Waals surface area contributed by atoms with Crippen molar-refractivity contribution < 1.29 is 9.67 Å². The van der Waals surface area contributed by atoms with Crippen molar-refractivity contribution in [2.24, 2.45) is 0 Å². The van der Waals surface area contributed by atoms with Crippen molar-refractivity contribution in [3.8, 4) is 6.07 Å². The zero-order valence-electron chi connectivity index (χ0n) is 11.9. The molecule has 0 aromatic carbocycles. The lowest BCUT2D eigenvalue weighted by molar-refractivity contribution is -0.740. The Bertz CT molecular complexity index is 733. The number of nitrogens with one attached hydrogen (secondary N) is 1. The normalized spacial score (nSPS) is 28.0. The summed E-state index contributed by atoms with van der Waals surface area (Å²) in [6, 6.07) is 11.5. The Hall–Kier alpha value is -1.94. The van der Waals surface area contributed by atoms with Crippen molar-refractivity contribution in [2.45, 2.75) is 24.6 Å². The van der Waals surface area contributed by atoms with Crippen molar-refractivity contribution in [2.75, 3.05) is 0 Å². The first-order chi connectivity index (χ1) is 10.5. The zero-order chi connectivity index (χ0) is 15.7. The maximum atomic E-state index is 10.9. The van der Waals surface area contributed by atoms with Crippen molar-refractivity contribution in [1.29, 1.82) is 5.26 Å². The van der Waals surface area contributed by atoms with E-state index in [1.54, 1.807) is 18.3 Å². The third kappa shape index (κ3) is 2.48. The molecule has 3 rings (SSSR count). The van der Waals surface area contributed by atoms with E-state index >= 15 is 0 Å². The van der Waals surface area contributed by atoms with Gasteiger partial charge in [0.15, 0.2) is 18.1 Å². The molecule has 0 amide bonds. The van der Waals surface area contributed by atoms with Crippen molar-refractivity contribution in [3.63, 3.8) is 0 Å². The fraction of sp³-hybridized carbons (Fsp3) is 0.250. The Morgan fingerprint density at radius 2 is 2.09 bits per heavy atom. The molecule has 0 fully saturated rings. The molecular weight excluding hydrogens is 314 g/mol. The minimum atomic E-state index is -1.25. The van der Waals surface area contributed by atoms with E-state index in [9.17, 15) is 10.4 Å². The van der Waals surface area contributed by atoms with Crippen molar-refractivity contribution in [3.05, 3.63) is 63.6 Å². The Labute approximate surface area is 138 Å². The summed E-state index contributed by atoms with van der Waals surface area (Å²) in [5.74, 6) is -0.277. The standard InChI is InChI=1S/C16H15N3OS2/c1-16(20)14(19-7-3-2-4-8-19)13(12-6-5-9-22-12)11(10-17)15(21)18-16/h2-9,13-14,18,20H,1H3/t13-,14-,16-/m1/s1. The Balaban J connectivity index is 2.21. The number of pyridine rings is 1. The molecule has 2 aromatic rings. The number of aromatic nitrogens is 1. The van der Waals surface area contributed by atoms with Gasteiger partial charge in [0.05, 0.1) is 12.0 Å². The van der Waals surface area contributed by atoms with Gasteiger partial charge in [-0.1, -0.05) is 17.2 Å². The topological polar surface area (TPSA) is 59.9 Å². The Kier molecular flexibility index (Phi) is 3.87.